The molecular weight excluding hydrogens is 222 g/mol. The largest absolute Gasteiger partial charge is 0.396 e. The number of hydrogen-bond donors (Lipinski definition) is 2. The van der Waals surface area contributed by atoms with Crippen LogP contribution in [0, 0.1) is 0 Å². The molecule has 0 aliphatic heterocycles. The molecule has 0 radical (unpaired) electrons. The zero-order valence-electron chi connectivity index (χ0n) is 8.84. The summed E-state index contributed by atoms with van der Waals surface area (Å²) in [5.41, 5.74) is 8.81. The van der Waals surface area contributed by atoms with E-state index in [1.165, 1.54) is 4.88 Å². The molecule has 2 aromatic rings. The maximum atomic E-state index is 8.83. The average Bonchev–Trinajstić information content (AvgIpc) is 2.70. The lowest BCUT2D eigenvalue weighted by atomic mass is 10.2. The molecule has 0 spiro atoms. The molecule has 0 amide bonds. The number of pyridine rings is 1. The first-order chi connectivity index (χ1) is 7.79. The summed E-state index contributed by atoms with van der Waals surface area (Å²) in [6.45, 7) is 0.914. The third kappa shape index (κ3) is 2.56. The number of anilines is 1. The molecular formula is C11H14N3OS+. The van der Waals surface area contributed by atoms with E-state index in [0.717, 1.165) is 12.1 Å². The molecule has 2 heterocycles. The Morgan fingerprint density at radius 2 is 2.38 bits per heavy atom. The number of nitrogens with zero attached hydrogens (tertiary/aromatic N) is 2. The summed E-state index contributed by atoms with van der Waals surface area (Å²) in [5.74, 6) is 0.574. The Hall–Kier alpha value is -1.46. The van der Waals surface area contributed by atoms with Crippen LogP contribution in [0.4, 0.5) is 5.82 Å². The van der Waals surface area contributed by atoms with Crippen molar-refractivity contribution >= 4 is 17.2 Å². The van der Waals surface area contributed by atoms with Gasteiger partial charge in [-0.25, -0.2) is 4.98 Å². The third-order valence-corrected chi connectivity index (χ3v) is 3.27. The highest BCUT2D eigenvalue weighted by molar-refractivity contribution is 7.09. The minimum absolute atomic E-state index is 0.190. The monoisotopic (exact) mass is 236 g/mol. The Labute approximate surface area is 98.0 Å². The normalized spacial score (nSPS) is 10.6. The van der Waals surface area contributed by atoms with Gasteiger partial charge >= 0.3 is 0 Å². The van der Waals surface area contributed by atoms with Crippen molar-refractivity contribution in [1.29, 1.82) is 0 Å². The van der Waals surface area contributed by atoms with Crippen molar-refractivity contribution < 1.29 is 9.67 Å². The number of nitrogen functional groups attached to an aromatic ring is 1. The summed E-state index contributed by atoms with van der Waals surface area (Å²) >= 11 is 1.64. The number of thiazole rings is 1. The maximum absolute atomic E-state index is 8.83. The van der Waals surface area contributed by atoms with E-state index in [4.69, 9.17) is 10.8 Å². The van der Waals surface area contributed by atoms with Crippen LogP contribution in [-0.2, 0) is 13.0 Å². The molecule has 0 aliphatic carbocycles. The number of rotatable bonds is 4. The summed E-state index contributed by atoms with van der Waals surface area (Å²) in [5, 5.41) is 8.83. The van der Waals surface area contributed by atoms with E-state index >= 15 is 0 Å². The topological polar surface area (TPSA) is 63.0 Å². The van der Waals surface area contributed by atoms with Crippen molar-refractivity contribution in [2.45, 2.75) is 13.0 Å². The first-order valence-electron chi connectivity index (χ1n) is 5.06. The van der Waals surface area contributed by atoms with Gasteiger partial charge in [0.15, 0.2) is 12.7 Å². The van der Waals surface area contributed by atoms with E-state index in [0.29, 0.717) is 12.2 Å². The Kier molecular flexibility index (Phi) is 3.48. The summed E-state index contributed by atoms with van der Waals surface area (Å²) in [7, 11) is 0. The van der Waals surface area contributed by atoms with Crippen LogP contribution in [0.2, 0.25) is 0 Å². The quantitative estimate of drug-likeness (QED) is 0.764. The lowest BCUT2D eigenvalue weighted by Crippen LogP contribution is -2.31. The van der Waals surface area contributed by atoms with Crippen LogP contribution in [0.25, 0.3) is 0 Å². The maximum Gasteiger partial charge on any atom is 0.225 e. The number of aromatic nitrogens is 2. The molecule has 2 aromatic heterocycles. The van der Waals surface area contributed by atoms with E-state index in [1.54, 1.807) is 17.5 Å². The van der Waals surface area contributed by atoms with Gasteiger partial charge in [-0.1, -0.05) is 11.3 Å². The van der Waals surface area contributed by atoms with Gasteiger partial charge in [0.05, 0.1) is 10.4 Å². The van der Waals surface area contributed by atoms with Crippen LogP contribution in [0.1, 0.15) is 10.4 Å². The van der Waals surface area contributed by atoms with E-state index in [2.05, 4.69) is 9.55 Å². The SMILES string of the molecule is Nc1ncccc1C[n+]1csc(CCO)c1. The van der Waals surface area contributed by atoms with Crippen molar-refractivity contribution in [3.05, 3.63) is 40.5 Å². The number of nitrogens with two attached hydrogens (primary N) is 1. The molecule has 0 fully saturated rings. The van der Waals surface area contributed by atoms with Gasteiger partial charge in [-0.15, -0.1) is 0 Å². The lowest BCUT2D eigenvalue weighted by Gasteiger charge is -1.98. The second-order valence-corrected chi connectivity index (χ2v) is 4.48. The summed E-state index contributed by atoms with van der Waals surface area (Å²) < 4.78 is 2.06. The predicted octanol–water partition coefficient (Wildman–Crippen LogP) is 0.596. The molecule has 0 atom stereocenters. The summed E-state index contributed by atoms with van der Waals surface area (Å²) in [6.07, 6.45) is 4.43. The van der Waals surface area contributed by atoms with Crippen molar-refractivity contribution in [3.63, 3.8) is 0 Å². The molecule has 0 aromatic carbocycles. The van der Waals surface area contributed by atoms with Crippen LogP contribution < -0.4 is 10.3 Å². The van der Waals surface area contributed by atoms with E-state index in [-0.39, 0.29) is 6.61 Å². The highest BCUT2D eigenvalue weighted by Crippen LogP contribution is 2.09. The smallest absolute Gasteiger partial charge is 0.225 e. The molecule has 0 aliphatic rings. The number of hydrogen-bond acceptors (Lipinski definition) is 4. The standard InChI is InChI=1S/C11H14N3OS/c12-11-9(2-1-4-13-11)6-14-7-10(3-5-15)16-8-14/h1-2,4,7-8,15H,3,5-6H2,(H2,12,13)/q+1. The average molecular weight is 236 g/mol. The summed E-state index contributed by atoms with van der Waals surface area (Å²) in [4.78, 5) is 5.22. The predicted molar refractivity (Wildman–Crippen MR) is 63.1 cm³/mol. The molecule has 0 saturated heterocycles. The van der Waals surface area contributed by atoms with Crippen molar-refractivity contribution in [3.8, 4) is 0 Å². The Bertz CT molecular complexity index is 470. The fourth-order valence-electron chi connectivity index (χ4n) is 1.48. The first-order valence-corrected chi connectivity index (χ1v) is 5.94. The van der Waals surface area contributed by atoms with Gasteiger partial charge in [-0.05, 0) is 12.1 Å². The van der Waals surface area contributed by atoms with E-state index in [1.807, 2.05) is 23.8 Å². The van der Waals surface area contributed by atoms with Gasteiger partial charge in [0.1, 0.15) is 5.82 Å². The van der Waals surface area contributed by atoms with Crippen LogP contribution in [0.5, 0.6) is 0 Å². The molecule has 2 rings (SSSR count). The Morgan fingerprint density at radius 3 is 3.12 bits per heavy atom. The van der Waals surface area contributed by atoms with Crippen molar-refractivity contribution in [2.24, 2.45) is 0 Å². The fourth-order valence-corrected chi connectivity index (χ4v) is 2.29. The molecule has 0 unspecified atom stereocenters. The zero-order chi connectivity index (χ0) is 11.4. The van der Waals surface area contributed by atoms with E-state index in [9.17, 15) is 0 Å². The van der Waals surface area contributed by atoms with Gasteiger partial charge in [-0.2, -0.15) is 4.57 Å². The second kappa shape index (κ2) is 5.05. The minimum atomic E-state index is 0.190. The molecule has 84 valence electrons. The summed E-state index contributed by atoms with van der Waals surface area (Å²) in [6, 6.07) is 3.85. The molecule has 0 bridgehead atoms. The van der Waals surface area contributed by atoms with Crippen LogP contribution >= 0.6 is 11.3 Å². The Morgan fingerprint density at radius 1 is 1.50 bits per heavy atom. The lowest BCUT2D eigenvalue weighted by molar-refractivity contribution is -0.683. The molecule has 5 heteroatoms. The molecule has 16 heavy (non-hydrogen) atoms. The van der Waals surface area contributed by atoms with Crippen LogP contribution in [0.15, 0.2) is 30.0 Å². The van der Waals surface area contributed by atoms with Crippen LogP contribution in [-0.4, -0.2) is 16.7 Å². The third-order valence-electron chi connectivity index (χ3n) is 2.29. The zero-order valence-corrected chi connectivity index (χ0v) is 9.65. The van der Waals surface area contributed by atoms with E-state index < -0.39 is 0 Å². The van der Waals surface area contributed by atoms with Gasteiger partial charge < -0.3 is 10.8 Å². The van der Waals surface area contributed by atoms with Crippen molar-refractivity contribution in [1.82, 2.24) is 4.98 Å². The minimum Gasteiger partial charge on any atom is -0.396 e. The van der Waals surface area contributed by atoms with Gasteiger partial charge in [-0.3, -0.25) is 0 Å². The van der Waals surface area contributed by atoms with Crippen molar-refractivity contribution in [2.75, 3.05) is 12.3 Å². The van der Waals surface area contributed by atoms with Gasteiger partial charge in [0.25, 0.3) is 0 Å². The number of aliphatic hydroxyl groups is 1. The molecule has 3 N–H and O–H groups in total. The Balaban J connectivity index is 2.11. The van der Waals surface area contributed by atoms with Crippen LogP contribution in [0.3, 0.4) is 0 Å². The first kappa shape index (κ1) is 11.0. The van der Waals surface area contributed by atoms with Gasteiger partial charge in [0, 0.05) is 19.2 Å². The highest BCUT2D eigenvalue weighted by atomic mass is 32.1. The number of aliphatic hydroxyl groups excluding tert-OH is 1. The highest BCUT2D eigenvalue weighted by Gasteiger charge is 2.09. The fraction of sp³-hybridized carbons (Fsp3) is 0.273. The second-order valence-electron chi connectivity index (χ2n) is 3.51. The molecule has 4 nitrogen and oxygen atoms in total. The van der Waals surface area contributed by atoms with Gasteiger partial charge in [0.2, 0.25) is 5.51 Å². The molecule has 0 saturated carbocycles.